The molecule has 0 bridgehead atoms. The average Bonchev–Trinajstić information content (AvgIpc) is 3.27. The zero-order chi connectivity index (χ0) is 22.3. The first kappa shape index (κ1) is 25.1. The number of rotatable bonds is 7. The van der Waals surface area contributed by atoms with Crippen molar-refractivity contribution in [1.29, 1.82) is 0 Å². The fraction of sp³-hybridized carbons (Fsp3) is 0.409. The van der Waals surface area contributed by atoms with Gasteiger partial charge >= 0.3 is 6.61 Å². The van der Waals surface area contributed by atoms with Crippen LogP contribution in [0, 0.1) is 0 Å². The summed E-state index contributed by atoms with van der Waals surface area (Å²) >= 11 is 0. The highest BCUT2D eigenvalue weighted by Gasteiger charge is 2.20. The predicted octanol–water partition coefficient (Wildman–Crippen LogP) is 3.34. The van der Waals surface area contributed by atoms with Crippen molar-refractivity contribution in [1.82, 2.24) is 10.6 Å². The van der Waals surface area contributed by atoms with Crippen molar-refractivity contribution in [3.8, 4) is 17.2 Å². The van der Waals surface area contributed by atoms with Gasteiger partial charge in [0.2, 0.25) is 6.79 Å². The molecule has 33 heavy (non-hydrogen) atoms. The summed E-state index contributed by atoms with van der Waals surface area (Å²) in [5, 5.41) is 6.43. The minimum Gasteiger partial charge on any atom is -0.454 e. The highest BCUT2D eigenvalue weighted by atomic mass is 127. The van der Waals surface area contributed by atoms with Gasteiger partial charge in [0.25, 0.3) is 0 Å². The SMILES string of the molecule is CN=C(NCc1cc2c(cc1OC(F)F)OCO2)NCc1ccccc1N1CCOCC1.I. The molecule has 0 saturated carbocycles. The van der Waals surface area contributed by atoms with Gasteiger partial charge < -0.3 is 34.5 Å². The van der Waals surface area contributed by atoms with E-state index in [1.165, 1.54) is 6.07 Å². The van der Waals surface area contributed by atoms with Crippen LogP contribution in [-0.4, -0.2) is 52.7 Å². The Hall–Kier alpha value is -2.54. The number of benzene rings is 2. The molecule has 2 N–H and O–H groups in total. The van der Waals surface area contributed by atoms with E-state index in [4.69, 9.17) is 14.2 Å². The van der Waals surface area contributed by atoms with Crippen LogP contribution in [0.3, 0.4) is 0 Å². The second-order valence-electron chi connectivity index (χ2n) is 7.20. The van der Waals surface area contributed by atoms with E-state index in [0.717, 1.165) is 24.3 Å². The van der Waals surface area contributed by atoms with Gasteiger partial charge in [-0.1, -0.05) is 18.2 Å². The van der Waals surface area contributed by atoms with Crippen molar-refractivity contribution in [3.63, 3.8) is 0 Å². The molecule has 2 aromatic rings. The Morgan fingerprint density at radius 1 is 1.06 bits per heavy atom. The maximum Gasteiger partial charge on any atom is 0.387 e. The van der Waals surface area contributed by atoms with Crippen molar-refractivity contribution in [3.05, 3.63) is 47.5 Å². The van der Waals surface area contributed by atoms with Crippen LogP contribution in [-0.2, 0) is 17.8 Å². The Kier molecular flexibility index (Phi) is 9.18. The summed E-state index contributed by atoms with van der Waals surface area (Å²) in [5.41, 5.74) is 2.79. The lowest BCUT2D eigenvalue weighted by Crippen LogP contribution is -2.39. The lowest BCUT2D eigenvalue weighted by atomic mass is 10.1. The summed E-state index contributed by atoms with van der Waals surface area (Å²) in [6, 6.07) is 11.2. The van der Waals surface area contributed by atoms with E-state index in [1.54, 1.807) is 13.1 Å². The third-order valence-corrected chi connectivity index (χ3v) is 5.23. The first-order valence-corrected chi connectivity index (χ1v) is 10.4. The summed E-state index contributed by atoms with van der Waals surface area (Å²) in [4.78, 5) is 6.54. The third kappa shape index (κ3) is 6.50. The highest BCUT2D eigenvalue weighted by Crippen LogP contribution is 2.38. The lowest BCUT2D eigenvalue weighted by molar-refractivity contribution is -0.0505. The number of fused-ring (bicyclic) bond motifs is 1. The molecule has 11 heteroatoms. The minimum atomic E-state index is -2.94. The third-order valence-electron chi connectivity index (χ3n) is 5.23. The van der Waals surface area contributed by atoms with Crippen molar-refractivity contribution in [2.24, 2.45) is 4.99 Å². The summed E-state index contributed by atoms with van der Waals surface area (Å²) < 4.78 is 46.4. The van der Waals surface area contributed by atoms with Crippen LogP contribution in [0.25, 0.3) is 0 Å². The summed E-state index contributed by atoms with van der Waals surface area (Å²) in [5.74, 6) is 1.43. The monoisotopic (exact) mass is 576 g/mol. The first-order chi connectivity index (χ1) is 15.6. The smallest absolute Gasteiger partial charge is 0.387 e. The summed E-state index contributed by atoms with van der Waals surface area (Å²) in [6.45, 7) is 0.989. The van der Waals surface area contributed by atoms with Gasteiger partial charge in [-0.3, -0.25) is 4.99 Å². The van der Waals surface area contributed by atoms with Crippen LogP contribution in [0.5, 0.6) is 17.2 Å². The zero-order valence-corrected chi connectivity index (χ0v) is 20.5. The van der Waals surface area contributed by atoms with Crippen LogP contribution < -0.4 is 29.7 Å². The maximum absolute atomic E-state index is 12.9. The molecule has 0 aliphatic carbocycles. The van der Waals surface area contributed by atoms with Gasteiger partial charge in [-0.05, 0) is 17.7 Å². The molecule has 0 unspecified atom stereocenters. The molecule has 4 rings (SSSR count). The summed E-state index contributed by atoms with van der Waals surface area (Å²) in [7, 11) is 1.65. The minimum absolute atomic E-state index is 0. The number of ether oxygens (including phenoxy) is 4. The molecule has 0 amide bonds. The molecule has 1 fully saturated rings. The van der Waals surface area contributed by atoms with E-state index in [2.05, 4.69) is 37.4 Å². The Bertz CT molecular complexity index is 958. The quantitative estimate of drug-likeness (QED) is 0.298. The molecule has 0 atom stereocenters. The maximum atomic E-state index is 12.9. The van der Waals surface area contributed by atoms with Crippen molar-refractivity contribution < 1.29 is 27.7 Å². The van der Waals surface area contributed by atoms with Gasteiger partial charge in [0.15, 0.2) is 17.5 Å². The van der Waals surface area contributed by atoms with Crippen LogP contribution in [0.1, 0.15) is 11.1 Å². The molecule has 2 aliphatic heterocycles. The molecule has 0 radical (unpaired) electrons. The number of nitrogens with one attached hydrogen (secondary N) is 2. The molecule has 180 valence electrons. The largest absolute Gasteiger partial charge is 0.454 e. The number of nitrogens with zero attached hydrogens (tertiary/aromatic N) is 2. The molecular formula is C22H27F2IN4O4. The molecule has 1 saturated heterocycles. The lowest BCUT2D eigenvalue weighted by Gasteiger charge is -2.30. The van der Waals surface area contributed by atoms with E-state index in [-0.39, 0.29) is 43.1 Å². The van der Waals surface area contributed by atoms with E-state index in [9.17, 15) is 8.78 Å². The number of para-hydroxylation sites is 1. The predicted molar refractivity (Wildman–Crippen MR) is 131 cm³/mol. The Balaban J connectivity index is 0.00000306. The molecular weight excluding hydrogens is 549 g/mol. The number of halogens is 3. The van der Waals surface area contributed by atoms with Gasteiger partial charge in [0.05, 0.1) is 13.2 Å². The summed E-state index contributed by atoms with van der Waals surface area (Å²) in [6.07, 6.45) is 0. The molecule has 2 aromatic carbocycles. The number of hydrogen-bond donors (Lipinski definition) is 2. The van der Waals surface area contributed by atoms with Crippen molar-refractivity contribution in [2.75, 3.05) is 45.0 Å². The molecule has 8 nitrogen and oxygen atoms in total. The number of morpholine rings is 1. The Morgan fingerprint density at radius 2 is 1.73 bits per heavy atom. The van der Waals surface area contributed by atoms with E-state index < -0.39 is 6.61 Å². The highest BCUT2D eigenvalue weighted by molar-refractivity contribution is 14.0. The van der Waals surface area contributed by atoms with E-state index in [0.29, 0.717) is 42.8 Å². The number of alkyl halides is 2. The fourth-order valence-corrected chi connectivity index (χ4v) is 3.66. The fourth-order valence-electron chi connectivity index (χ4n) is 3.66. The zero-order valence-electron chi connectivity index (χ0n) is 18.2. The van der Waals surface area contributed by atoms with E-state index in [1.807, 2.05) is 12.1 Å². The number of hydrogen-bond acceptors (Lipinski definition) is 6. The normalized spacial score (nSPS) is 15.3. The van der Waals surface area contributed by atoms with Crippen LogP contribution >= 0.6 is 24.0 Å². The Morgan fingerprint density at radius 3 is 2.42 bits per heavy atom. The number of anilines is 1. The van der Waals surface area contributed by atoms with Crippen LogP contribution in [0.2, 0.25) is 0 Å². The van der Waals surface area contributed by atoms with Gasteiger partial charge in [0.1, 0.15) is 5.75 Å². The van der Waals surface area contributed by atoms with Gasteiger partial charge in [-0.2, -0.15) is 8.78 Å². The standard InChI is InChI=1S/C22H26F2N4O4.HI/c1-25-22(26-12-15-4-2-3-5-17(15)28-6-8-29-9-7-28)27-13-16-10-19-20(31-14-30-19)11-18(16)32-21(23)24;/h2-5,10-11,21H,6-9,12-14H2,1H3,(H2,25,26,27);1H. The molecule has 2 heterocycles. The first-order valence-electron chi connectivity index (χ1n) is 10.4. The molecule has 2 aliphatic rings. The van der Waals surface area contributed by atoms with E-state index >= 15 is 0 Å². The topological polar surface area (TPSA) is 76.6 Å². The number of aliphatic imine (C=N–C) groups is 1. The second kappa shape index (κ2) is 12.1. The van der Waals surface area contributed by atoms with Crippen molar-refractivity contribution in [2.45, 2.75) is 19.7 Å². The molecule has 0 aromatic heterocycles. The average molecular weight is 576 g/mol. The van der Waals surface area contributed by atoms with Gasteiger partial charge in [0, 0.05) is 50.5 Å². The van der Waals surface area contributed by atoms with Crippen LogP contribution in [0.15, 0.2) is 41.4 Å². The number of guanidine groups is 1. The second-order valence-corrected chi connectivity index (χ2v) is 7.20. The van der Waals surface area contributed by atoms with Crippen molar-refractivity contribution >= 4 is 35.6 Å². The Labute approximate surface area is 208 Å². The van der Waals surface area contributed by atoms with Gasteiger partial charge in [-0.25, -0.2) is 0 Å². The molecule has 0 spiro atoms. The van der Waals surface area contributed by atoms with Gasteiger partial charge in [-0.15, -0.1) is 24.0 Å². The van der Waals surface area contributed by atoms with Crippen LogP contribution in [0.4, 0.5) is 14.5 Å².